The molecule has 1 N–H and O–H groups in total. The van der Waals surface area contributed by atoms with Crippen LogP contribution in [0, 0.1) is 12.3 Å². The van der Waals surface area contributed by atoms with Crippen LogP contribution in [0.5, 0.6) is 0 Å². The quantitative estimate of drug-likeness (QED) is 0.784. The summed E-state index contributed by atoms with van der Waals surface area (Å²) >= 11 is 0. The topological polar surface area (TPSA) is 12.0 Å². The second-order valence-electron chi connectivity index (χ2n) is 5.65. The Morgan fingerprint density at radius 1 is 1.24 bits per heavy atom. The third-order valence-electron chi connectivity index (χ3n) is 3.83. The fourth-order valence-corrected chi connectivity index (χ4v) is 2.19. The Morgan fingerprint density at radius 2 is 1.94 bits per heavy atom. The number of likely N-dealkylation sites (N-methyl/N-ethyl adjacent to an activating group) is 1. The van der Waals surface area contributed by atoms with E-state index in [1.54, 1.807) is 0 Å². The smallest absolute Gasteiger partial charge is 0.0158 e. The summed E-state index contributed by atoms with van der Waals surface area (Å²) in [6.07, 6.45) is 2.33. The van der Waals surface area contributed by atoms with E-state index in [0.29, 0.717) is 11.5 Å². The maximum absolute atomic E-state index is 3.64. The van der Waals surface area contributed by atoms with Crippen molar-refractivity contribution in [3.63, 3.8) is 0 Å². The molecule has 0 radical (unpaired) electrons. The van der Waals surface area contributed by atoms with Crippen LogP contribution in [0.3, 0.4) is 0 Å². The molecule has 1 heteroatoms. The lowest BCUT2D eigenvalue weighted by atomic mass is 9.79. The van der Waals surface area contributed by atoms with Crippen molar-refractivity contribution in [2.45, 2.75) is 53.5 Å². The van der Waals surface area contributed by atoms with Crippen molar-refractivity contribution in [2.75, 3.05) is 6.54 Å². The summed E-state index contributed by atoms with van der Waals surface area (Å²) in [7, 11) is 0. The van der Waals surface area contributed by atoms with E-state index in [2.05, 4.69) is 64.2 Å². The van der Waals surface area contributed by atoms with Gasteiger partial charge in [-0.05, 0) is 37.3 Å². The monoisotopic (exact) mass is 233 g/mol. The van der Waals surface area contributed by atoms with Gasteiger partial charge in [-0.1, -0.05) is 57.5 Å². The first-order valence-electron chi connectivity index (χ1n) is 6.78. The van der Waals surface area contributed by atoms with Gasteiger partial charge in [0.15, 0.2) is 0 Å². The first-order chi connectivity index (χ1) is 7.99. The average molecular weight is 233 g/mol. The molecule has 0 heterocycles. The molecule has 1 unspecified atom stereocenters. The molecule has 0 bridgehead atoms. The van der Waals surface area contributed by atoms with E-state index in [9.17, 15) is 0 Å². The molecule has 1 aromatic carbocycles. The molecule has 0 aliphatic heterocycles. The van der Waals surface area contributed by atoms with Gasteiger partial charge in [-0.25, -0.2) is 0 Å². The van der Waals surface area contributed by atoms with Gasteiger partial charge in [0.1, 0.15) is 0 Å². The van der Waals surface area contributed by atoms with Crippen LogP contribution in [0.15, 0.2) is 24.3 Å². The summed E-state index contributed by atoms with van der Waals surface area (Å²) in [6.45, 7) is 12.4. The number of benzene rings is 1. The SMILES string of the molecule is CCNC(Cc1cccc(C)c1)C(C)(C)CC. The zero-order valence-electron chi connectivity index (χ0n) is 12.0. The molecule has 0 aromatic heterocycles. The predicted molar refractivity (Wildman–Crippen MR) is 76.4 cm³/mol. The lowest BCUT2D eigenvalue weighted by Crippen LogP contribution is -2.43. The van der Waals surface area contributed by atoms with E-state index >= 15 is 0 Å². The molecule has 1 nitrogen and oxygen atoms in total. The van der Waals surface area contributed by atoms with Gasteiger partial charge in [0.2, 0.25) is 0 Å². The van der Waals surface area contributed by atoms with Gasteiger partial charge in [0.25, 0.3) is 0 Å². The minimum Gasteiger partial charge on any atom is -0.313 e. The Morgan fingerprint density at radius 3 is 2.47 bits per heavy atom. The maximum Gasteiger partial charge on any atom is 0.0158 e. The minimum absolute atomic E-state index is 0.347. The first-order valence-corrected chi connectivity index (χ1v) is 6.78. The van der Waals surface area contributed by atoms with Crippen molar-refractivity contribution in [3.05, 3.63) is 35.4 Å². The van der Waals surface area contributed by atoms with Crippen LogP contribution >= 0.6 is 0 Å². The largest absolute Gasteiger partial charge is 0.313 e. The fourth-order valence-electron chi connectivity index (χ4n) is 2.19. The molecule has 1 aromatic rings. The van der Waals surface area contributed by atoms with Gasteiger partial charge in [0, 0.05) is 6.04 Å². The third kappa shape index (κ3) is 4.16. The molecule has 1 rings (SSSR count). The van der Waals surface area contributed by atoms with E-state index in [0.717, 1.165) is 13.0 Å². The summed E-state index contributed by atoms with van der Waals surface area (Å²) < 4.78 is 0. The van der Waals surface area contributed by atoms with E-state index < -0.39 is 0 Å². The Hall–Kier alpha value is -0.820. The molecule has 17 heavy (non-hydrogen) atoms. The van der Waals surface area contributed by atoms with Gasteiger partial charge in [-0.15, -0.1) is 0 Å². The summed E-state index contributed by atoms with van der Waals surface area (Å²) in [5.74, 6) is 0. The van der Waals surface area contributed by atoms with Crippen LogP contribution in [-0.4, -0.2) is 12.6 Å². The number of aryl methyl sites for hydroxylation is 1. The number of nitrogens with one attached hydrogen (secondary N) is 1. The number of hydrogen-bond donors (Lipinski definition) is 1. The summed E-state index contributed by atoms with van der Waals surface area (Å²) in [5, 5.41) is 3.64. The molecule has 0 amide bonds. The van der Waals surface area contributed by atoms with Crippen molar-refractivity contribution in [1.29, 1.82) is 0 Å². The van der Waals surface area contributed by atoms with Crippen LogP contribution in [-0.2, 0) is 6.42 Å². The lowest BCUT2D eigenvalue weighted by Gasteiger charge is -2.34. The molecule has 0 saturated heterocycles. The van der Waals surface area contributed by atoms with Crippen molar-refractivity contribution in [3.8, 4) is 0 Å². The predicted octanol–water partition coefficient (Wildman–Crippen LogP) is 3.95. The van der Waals surface area contributed by atoms with E-state index in [1.807, 2.05) is 0 Å². The van der Waals surface area contributed by atoms with Crippen molar-refractivity contribution < 1.29 is 0 Å². The maximum atomic E-state index is 3.64. The Labute approximate surface area is 107 Å². The van der Waals surface area contributed by atoms with Crippen LogP contribution in [0.1, 0.15) is 45.2 Å². The molecular formula is C16H27N. The van der Waals surface area contributed by atoms with Gasteiger partial charge >= 0.3 is 0 Å². The molecule has 0 spiro atoms. The lowest BCUT2D eigenvalue weighted by molar-refractivity contribution is 0.232. The molecule has 0 saturated carbocycles. The summed E-state index contributed by atoms with van der Waals surface area (Å²) in [4.78, 5) is 0. The highest BCUT2D eigenvalue weighted by molar-refractivity contribution is 5.23. The molecule has 1 atom stereocenters. The van der Waals surface area contributed by atoms with Gasteiger partial charge in [0.05, 0.1) is 0 Å². The van der Waals surface area contributed by atoms with Crippen LogP contribution in [0.4, 0.5) is 0 Å². The Bertz CT molecular complexity index is 341. The van der Waals surface area contributed by atoms with E-state index in [-0.39, 0.29) is 0 Å². The van der Waals surface area contributed by atoms with E-state index in [1.165, 1.54) is 17.5 Å². The Kier molecular flexibility index (Phi) is 5.20. The summed E-state index contributed by atoms with van der Waals surface area (Å²) in [6, 6.07) is 9.42. The Balaban J connectivity index is 2.80. The third-order valence-corrected chi connectivity index (χ3v) is 3.83. The van der Waals surface area contributed by atoms with Crippen LogP contribution < -0.4 is 5.32 Å². The summed E-state index contributed by atoms with van der Waals surface area (Å²) in [5.41, 5.74) is 3.14. The van der Waals surface area contributed by atoms with Gasteiger partial charge in [-0.3, -0.25) is 0 Å². The average Bonchev–Trinajstić information content (AvgIpc) is 2.28. The molecule has 0 aliphatic rings. The van der Waals surface area contributed by atoms with Crippen molar-refractivity contribution in [1.82, 2.24) is 5.32 Å². The highest BCUT2D eigenvalue weighted by Crippen LogP contribution is 2.27. The van der Waals surface area contributed by atoms with Crippen molar-refractivity contribution in [2.24, 2.45) is 5.41 Å². The first kappa shape index (κ1) is 14.2. The zero-order valence-corrected chi connectivity index (χ0v) is 12.0. The zero-order chi connectivity index (χ0) is 12.9. The van der Waals surface area contributed by atoms with E-state index in [4.69, 9.17) is 0 Å². The standard InChI is InChI=1S/C16H27N/c1-6-16(4,5)15(17-7-2)12-14-10-8-9-13(3)11-14/h8-11,15,17H,6-7,12H2,1-5H3. The van der Waals surface area contributed by atoms with Gasteiger partial charge < -0.3 is 5.32 Å². The molecule has 0 aliphatic carbocycles. The normalized spacial score (nSPS) is 13.7. The highest BCUT2D eigenvalue weighted by Gasteiger charge is 2.26. The van der Waals surface area contributed by atoms with Crippen LogP contribution in [0.2, 0.25) is 0 Å². The van der Waals surface area contributed by atoms with Gasteiger partial charge in [-0.2, -0.15) is 0 Å². The molecule has 0 fully saturated rings. The van der Waals surface area contributed by atoms with Crippen molar-refractivity contribution >= 4 is 0 Å². The molecule has 96 valence electrons. The number of rotatable bonds is 6. The fraction of sp³-hybridized carbons (Fsp3) is 0.625. The minimum atomic E-state index is 0.347. The second kappa shape index (κ2) is 6.20. The highest BCUT2D eigenvalue weighted by atomic mass is 14.9. The number of hydrogen-bond acceptors (Lipinski definition) is 1. The second-order valence-corrected chi connectivity index (χ2v) is 5.65. The van der Waals surface area contributed by atoms with Crippen LogP contribution in [0.25, 0.3) is 0 Å². The molecular weight excluding hydrogens is 206 g/mol.